The average molecular weight is 250 g/mol. The second-order valence-electron chi connectivity index (χ2n) is 6.23. The van der Waals surface area contributed by atoms with Crippen LogP contribution in [-0.4, -0.2) is 24.0 Å². The van der Waals surface area contributed by atoms with Crippen LogP contribution in [0.25, 0.3) is 0 Å². The number of alkyl carbamates (subject to hydrolysis) is 1. The zero-order chi connectivity index (χ0) is 13.3. The van der Waals surface area contributed by atoms with Gasteiger partial charge >= 0.3 is 6.09 Å². The lowest BCUT2D eigenvalue weighted by Crippen LogP contribution is -2.35. The summed E-state index contributed by atoms with van der Waals surface area (Å²) >= 11 is 0. The lowest BCUT2D eigenvalue weighted by atomic mass is 9.89. The van der Waals surface area contributed by atoms with E-state index < -0.39 is 5.60 Å². The summed E-state index contributed by atoms with van der Waals surface area (Å²) in [5.41, 5.74) is -0.434. The molecule has 4 heteroatoms. The van der Waals surface area contributed by atoms with Gasteiger partial charge in [0, 0.05) is 24.4 Å². The van der Waals surface area contributed by atoms with Gasteiger partial charge in [-0.2, -0.15) is 0 Å². The van der Waals surface area contributed by atoms with E-state index in [1.54, 1.807) is 0 Å². The molecule has 18 heavy (non-hydrogen) atoms. The third kappa shape index (κ3) is 3.34. The summed E-state index contributed by atoms with van der Waals surface area (Å²) in [6, 6.07) is 0.241. The molecule has 0 bridgehead atoms. The first kappa shape index (κ1) is 13.1. The lowest BCUT2D eigenvalue weighted by molar-refractivity contribution is 0.0519. The largest absolute Gasteiger partial charge is 0.444 e. The van der Waals surface area contributed by atoms with Crippen molar-refractivity contribution in [1.82, 2.24) is 5.32 Å². The highest BCUT2D eigenvalue weighted by Crippen LogP contribution is 2.41. The number of carbonyl (C=O) groups excluding carboxylic acids is 1. The number of allylic oxidation sites excluding steroid dienone is 1. The molecule has 4 atom stereocenters. The van der Waals surface area contributed by atoms with Gasteiger partial charge in [0.2, 0.25) is 0 Å². The highest BCUT2D eigenvalue weighted by Gasteiger charge is 2.45. The van der Waals surface area contributed by atoms with Gasteiger partial charge < -0.3 is 10.1 Å². The van der Waals surface area contributed by atoms with Crippen LogP contribution in [0.3, 0.4) is 0 Å². The van der Waals surface area contributed by atoms with Crippen molar-refractivity contribution in [3.63, 3.8) is 0 Å². The van der Waals surface area contributed by atoms with Gasteiger partial charge in [-0.3, -0.25) is 4.99 Å². The molecule has 1 amide bonds. The van der Waals surface area contributed by atoms with Crippen molar-refractivity contribution in [3.8, 4) is 0 Å². The second kappa shape index (κ2) is 4.75. The van der Waals surface area contributed by atoms with Crippen molar-refractivity contribution < 1.29 is 9.53 Å². The summed E-state index contributed by atoms with van der Waals surface area (Å²) < 4.78 is 5.25. The van der Waals surface area contributed by atoms with Crippen molar-refractivity contribution in [1.29, 1.82) is 0 Å². The maximum atomic E-state index is 11.6. The minimum absolute atomic E-state index is 0.241. The predicted octanol–water partition coefficient (Wildman–Crippen LogP) is 2.75. The van der Waals surface area contributed by atoms with E-state index in [-0.39, 0.29) is 12.1 Å². The Labute approximate surface area is 109 Å². The highest BCUT2D eigenvalue weighted by atomic mass is 16.6. The summed E-state index contributed by atoms with van der Waals surface area (Å²) in [7, 11) is 0. The van der Waals surface area contributed by atoms with Crippen LogP contribution in [0, 0.1) is 17.8 Å². The molecule has 1 fully saturated rings. The van der Waals surface area contributed by atoms with E-state index >= 15 is 0 Å². The van der Waals surface area contributed by atoms with Crippen LogP contribution in [-0.2, 0) is 4.74 Å². The van der Waals surface area contributed by atoms with Crippen LogP contribution in [0.2, 0.25) is 0 Å². The number of nitrogens with zero attached hydrogens (tertiary/aromatic N) is 1. The van der Waals surface area contributed by atoms with E-state index in [0.717, 1.165) is 6.42 Å². The summed E-state index contributed by atoms with van der Waals surface area (Å²) in [5, 5.41) is 2.93. The van der Waals surface area contributed by atoms with Crippen molar-refractivity contribution >= 4 is 12.3 Å². The van der Waals surface area contributed by atoms with Crippen LogP contribution in [0.5, 0.6) is 0 Å². The first-order valence-electron chi connectivity index (χ1n) is 6.56. The second-order valence-corrected chi connectivity index (χ2v) is 6.23. The number of hydrogen-bond donors (Lipinski definition) is 1. The molecule has 2 unspecified atom stereocenters. The van der Waals surface area contributed by atoms with Crippen LogP contribution >= 0.6 is 0 Å². The lowest BCUT2D eigenvalue weighted by Gasteiger charge is -2.21. The van der Waals surface area contributed by atoms with E-state index in [0.29, 0.717) is 17.8 Å². The van der Waals surface area contributed by atoms with Gasteiger partial charge in [-0.05, 0) is 39.0 Å². The summed E-state index contributed by atoms with van der Waals surface area (Å²) in [4.78, 5) is 15.8. The predicted molar refractivity (Wildman–Crippen MR) is 71.6 cm³/mol. The molecular weight excluding hydrogens is 228 g/mol. The van der Waals surface area contributed by atoms with Gasteiger partial charge in [-0.25, -0.2) is 4.79 Å². The fourth-order valence-corrected chi connectivity index (χ4v) is 2.36. The summed E-state index contributed by atoms with van der Waals surface area (Å²) in [6.45, 7) is 7.81. The quantitative estimate of drug-likeness (QED) is 0.819. The molecule has 0 aromatic carbocycles. The van der Waals surface area contributed by atoms with E-state index in [1.807, 2.05) is 33.2 Å². The van der Waals surface area contributed by atoms with Crippen LogP contribution in [0.4, 0.5) is 4.79 Å². The molecule has 2 aliphatic rings. The van der Waals surface area contributed by atoms with Gasteiger partial charge in [0.1, 0.15) is 5.60 Å². The van der Waals surface area contributed by atoms with Gasteiger partial charge in [-0.1, -0.05) is 13.0 Å². The number of ether oxygens (including phenoxy) is 1. The van der Waals surface area contributed by atoms with E-state index in [1.165, 1.54) is 0 Å². The maximum Gasteiger partial charge on any atom is 0.407 e. The molecule has 1 heterocycles. The van der Waals surface area contributed by atoms with Gasteiger partial charge in [-0.15, -0.1) is 0 Å². The average Bonchev–Trinajstić information content (AvgIpc) is 2.94. The van der Waals surface area contributed by atoms with E-state index in [2.05, 4.69) is 23.3 Å². The number of aliphatic imine (C=N–C) groups is 1. The third-order valence-electron chi connectivity index (χ3n) is 3.38. The monoisotopic (exact) mass is 250 g/mol. The van der Waals surface area contributed by atoms with Crippen molar-refractivity contribution in [3.05, 3.63) is 12.3 Å². The first-order valence-corrected chi connectivity index (χ1v) is 6.56. The molecule has 1 aliphatic heterocycles. The van der Waals surface area contributed by atoms with Crippen molar-refractivity contribution in [2.24, 2.45) is 22.7 Å². The minimum Gasteiger partial charge on any atom is -0.444 e. The Kier molecular flexibility index (Phi) is 3.46. The Balaban J connectivity index is 1.80. The Hall–Kier alpha value is -1.32. The van der Waals surface area contributed by atoms with E-state index in [9.17, 15) is 4.79 Å². The molecule has 0 radical (unpaired) electrons. The molecule has 100 valence electrons. The minimum atomic E-state index is -0.434. The molecule has 1 N–H and O–H groups in total. The molecular formula is C14H22N2O2. The fourth-order valence-electron chi connectivity index (χ4n) is 2.36. The fraction of sp³-hybridized carbons (Fsp3) is 0.714. The normalized spacial score (nSPS) is 34.2. The Morgan fingerprint density at radius 2 is 2.17 bits per heavy atom. The van der Waals surface area contributed by atoms with Gasteiger partial charge in [0.15, 0.2) is 0 Å². The number of nitrogens with one attached hydrogen (secondary N) is 1. The van der Waals surface area contributed by atoms with Gasteiger partial charge in [0.05, 0.1) is 0 Å². The molecule has 0 saturated heterocycles. The standard InChI is InChI=1S/C14H22N2O2/c1-9-5-6-15-8-11(9)10-7-12(10)16-13(17)18-14(2,3)4/h5-6,8-12H,7H2,1-4H3,(H,16,17)/t9?,10-,11?,12+/m1/s1. The molecule has 1 saturated carbocycles. The van der Waals surface area contributed by atoms with Crippen molar-refractivity contribution in [2.45, 2.75) is 45.8 Å². The Morgan fingerprint density at radius 1 is 1.44 bits per heavy atom. The maximum absolute atomic E-state index is 11.6. The Bertz CT molecular complexity index is 382. The Morgan fingerprint density at radius 3 is 2.78 bits per heavy atom. The summed E-state index contributed by atoms with van der Waals surface area (Å²) in [5.74, 6) is 1.44. The van der Waals surface area contributed by atoms with Gasteiger partial charge in [0.25, 0.3) is 0 Å². The first-order chi connectivity index (χ1) is 8.37. The highest BCUT2D eigenvalue weighted by molar-refractivity contribution is 5.70. The topological polar surface area (TPSA) is 50.7 Å². The van der Waals surface area contributed by atoms with Crippen LogP contribution in [0.15, 0.2) is 17.3 Å². The van der Waals surface area contributed by atoms with Crippen LogP contribution < -0.4 is 5.32 Å². The van der Waals surface area contributed by atoms with Crippen LogP contribution in [0.1, 0.15) is 34.1 Å². The SMILES string of the molecule is CC1C=CN=CC1[C@H]1C[C@@H]1NC(=O)OC(C)(C)C. The number of hydrogen-bond acceptors (Lipinski definition) is 3. The molecule has 1 aliphatic carbocycles. The number of carbonyl (C=O) groups is 1. The number of amides is 1. The zero-order valence-corrected chi connectivity index (χ0v) is 11.5. The molecule has 2 rings (SSSR count). The zero-order valence-electron chi connectivity index (χ0n) is 11.5. The van der Waals surface area contributed by atoms with Crippen molar-refractivity contribution in [2.75, 3.05) is 0 Å². The summed E-state index contributed by atoms with van der Waals surface area (Å²) in [6.07, 6.45) is 6.68. The number of rotatable bonds is 2. The third-order valence-corrected chi connectivity index (χ3v) is 3.38. The molecule has 0 spiro atoms. The molecule has 0 aromatic heterocycles. The molecule has 4 nitrogen and oxygen atoms in total. The van der Waals surface area contributed by atoms with E-state index in [4.69, 9.17) is 4.74 Å². The smallest absolute Gasteiger partial charge is 0.407 e. The molecule has 0 aromatic rings.